The molecule has 0 fully saturated rings. The quantitative estimate of drug-likeness (QED) is 0.579. The van der Waals surface area contributed by atoms with Gasteiger partial charge in [0.15, 0.2) is 0 Å². The Morgan fingerprint density at radius 1 is 1.11 bits per heavy atom. The van der Waals surface area contributed by atoms with Crippen LogP contribution in [-0.4, -0.2) is 26.4 Å². The molecule has 1 atom stereocenters. The fourth-order valence-electron chi connectivity index (χ4n) is 3.05. The molecule has 2 aromatic carbocycles. The molecule has 0 aliphatic carbocycles. The number of hydrogen-bond acceptors (Lipinski definition) is 4. The number of ether oxygens (including phenoxy) is 1. The fourth-order valence-corrected chi connectivity index (χ4v) is 3.05. The molecule has 6 nitrogen and oxygen atoms in total. The first kappa shape index (κ1) is 17.9. The van der Waals surface area contributed by atoms with Crippen LogP contribution in [0.2, 0.25) is 0 Å². The van der Waals surface area contributed by atoms with E-state index in [1.165, 1.54) is 21.2 Å². The number of hydrogen-bond donors (Lipinski definition) is 1. The van der Waals surface area contributed by atoms with Crippen LogP contribution in [0.1, 0.15) is 11.7 Å². The van der Waals surface area contributed by atoms with Crippen LogP contribution in [0.5, 0.6) is 5.75 Å². The lowest BCUT2D eigenvalue weighted by atomic mass is 10.1. The molecule has 0 aliphatic rings. The van der Waals surface area contributed by atoms with Gasteiger partial charge in [-0.3, -0.25) is 4.79 Å². The molecule has 0 bridgehead atoms. The Labute approximate surface area is 160 Å². The lowest BCUT2D eigenvalue weighted by Gasteiger charge is -2.13. The minimum absolute atomic E-state index is 0.110. The van der Waals surface area contributed by atoms with Crippen molar-refractivity contribution in [3.63, 3.8) is 0 Å². The number of aromatic nitrogens is 3. The molecule has 2 heterocycles. The Morgan fingerprint density at radius 2 is 1.82 bits per heavy atom. The largest absolute Gasteiger partial charge is 0.497 e. The van der Waals surface area contributed by atoms with Gasteiger partial charge in [0, 0.05) is 18.0 Å². The summed E-state index contributed by atoms with van der Waals surface area (Å²) in [4.78, 5) is 12.8. The smallest absolute Gasteiger partial charge is 0.276 e. The third kappa shape index (κ3) is 3.39. The summed E-state index contributed by atoms with van der Waals surface area (Å²) in [5.41, 5.74) is 2.09. The number of aliphatic hydroxyl groups is 1. The van der Waals surface area contributed by atoms with Crippen LogP contribution in [0.3, 0.4) is 0 Å². The maximum Gasteiger partial charge on any atom is 0.276 e. The van der Waals surface area contributed by atoms with Gasteiger partial charge in [0.05, 0.1) is 25.5 Å². The Kier molecular flexibility index (Phi) is 4.67. The predicted octanol–water partition coefficient (Wildman–Crippen LogP) is 3.04. The third-order valence-electron chi connectivity index (χ3n) is 4.61. The highest BCUT2D eigenvalue weighted by Gasteiger charge is 2.13. The van der Waals surface area contributed by atoms with Gasteiger partial charge in [-0.1, -0.05) is 12.1 Å². The van der Waals surface area contributed by atoms with Crippen LogP contribution in [0.25, 0.3) is 16.8 Å². The SMILES string of the molecule is COc1ccc([C@@H](O)Cn2ccn3nc(-c4ccc(F)cc4)cc3c2=O)cc1. The van der Waals surface area contributed by atoms with Gasteiger partial charge in [-0.25, -0.2) is 8.91 Å². The number of halogens is 1. The van der Waals surface area contributed by atoms with Crippen LogP contribution in [0, 0.1) is 5.82 Å². The summed E-state index contributed by atoms with van der Waals surface area (Å²) in [6.07, 6.45) is 2.40. The standard InChI is InChI=1S/C21H18FN3O3/c1-28-17-8-4-15(5-9-17)20(26)13-24-10-11-25-19(21(24)27)12-18(23-25)14-2-6-16(22)7-3-14/h2-12,20,26H,13H2,1H3/t20-/m0/s1. The van der Waals surface area contributed by atoms with Gasteiger partial charge in [0.1, 0.15) is 17.1 Å². The summed E-state index contributed by atoms with van der Waals surface area (Å²) < 4.78 is 21.2. The van der Waals surface area contributed by atoms with Crippen molar-refractivity contribution >= 4 is 5.52 Å². The molecule has 0 amide bonds. The van der Waals surface area contributed by atoms with E-state index >= 15 is 0 Å². The molecule has 0 aliphatic heterocycles. The van der Waals surface area contributed by atoms with Crippen LogP contribution in [-0.2, 0) is 6.54 Å². The van der Waals surface area contributed by atoms with E-state index < -0.39 is 6.10 Å². The molecule has 1 N–H and O–H groups in total. The zero-order valence-corrected chi connectivity index (χ0v) is 15.1. The number of nitrogens with zero attached hydrogens (tertiary/aromatic N) is 3. The Hall–Kier alpha value is -3.45. The Morgan fingerprint density at radius 3 is 2.50 bits per heavy atom. The van der Waals surface area contributed by atoms with Crippen molar-refractivity contribution in [2.75, 3.05) is 7.11 Å². The number of benzene rings is 2. The van der Waals surface area contributed by atoms with E-state index in [0.717, 1.165) is 0 Å². The van der Waals surface area contributed by atoms with Crippen LogP contribution < -0.4 is 10.3 Å². The first-order valence-electron chi connectivity index (χ1n) is 8.72. The molecule has 2 aromatic heterocycles. The van der Waals surface area contributed by atoms with E-state index in [1.54, 1.807) is 62.0 Å². The molecule has 0 unspecified atom stereocenters. The average molecular weight is 379 g/mol. The van der Waals surface area contributed by atoms with E-state index in [1.807, 2.05) is 0 Å². The summed E-state index contributed by atoms with van der Waals surface area (Å²) in [6.45, 7) is 0.110. The molecule has 4 aromatic rings. The van der Waals surface area contributed by atoms with Crippen molar-refractivity contribution in [1.29, 1.82) is 0 Å². The minimum atomic E-state index is -0.842. The van der Waals surface area contributed by atoms with E-state index in [-0.39, 0.29) is 17.9 Å². The lowest BCUT2D eigenvalue weighted by Crippen LogP contribution is -2.24. The van der Waals surface area contributed by atoms with Gasteiger partial charge in [0.25, 0.3) is 5.56 Å². The Bertz CT molecular complexity index is 1160. The minimum Gasteiger partial charge on any atom is -0.497 e. The van der Waals surface area contributed by atoms with Gasteiger partial charge in [-0.15, -0.1) is 0 Å². The summed E-state index contributed by atoms with van der Waals surface area (Å²) in [5.74, 6) is 0.365. The lowest BCUT2D eigenvalue weighted by molar-refractivity contribution is 0.155. The van der Waals surface area contributed by atoms with E-state index in [0.29, 0.717) is 28.1 Å². The summed E-state index contributed by atoms with van der Waals surface area (Å²) in [5, 5.41) is 14.9. The molecule has 0 spiro atoms. The van der Waals surface area contributed by atoms with Crippen molar-refractivity contribution in [3.05, 3.63) is 88.7 Å². The maximum atomic E-state index is 13.1. The van der Waals surface area contributed by atoms with E-state index in [9.17, 15) is 14.3 Å². The molecule has 0 saturated heterocycles. The van der Waals surface area contributed by atoms with Crippen molar-refractivity contribution in [2.45, 2.75) is 12.6 Å². The molecule has 0 saturated carbocycles. The molecular formula is C21H18FN3O3. The molecule has 28 heavy (non-hydrogen) atoms. The first-order valence-corrected chi connectivity index (χ1v) is 8.72. The van der Waals surface area contributed by atoms with Gasteiger partial charge in [-0.2, -0.15) is 5.10 Å². The molecule has 7 heteroatoms. The molecular weight excluding hydrogens is 361 g/mol. The average Bonchev–Trinajstić information content (AvgIpc) is 3.16. The topological polar surface area (TPSA) is 68.8 Å². The van der Waals surface area contributed by atoms with Gasteiger partial charge < -0.3 is 14.4 Å². The van der Waals surface area contributed by atoms with Crippen LogP contribution >= 0.6 is 0 Å². The number of methoxy groups -OCH3 is 1. The van der Waals surface area contributed by atoms with Crippen molar-refractivity contribution in [3.8, 4) is 17.0 Å². The number of fused-ring (bicyclic) bond motifs is 1. The summed E-state index contributed by atoms with van der Waals surface area (Å²) >= 11 is 0. The molecule has 4 rings (SSSR count). The van der Waals surface area contributed by atoms with Crippen LogP contribution in [0.4, 0.5) is 4.39 Å². The second kappa shape index (κ2) is 7.28. The number of rotatable bonds is 5. The highest BCUT2D eigenvalue weighted by atomic mass is 19.1. The third-order valence-corrected chi connectivity index (χ3v) is 4.61. The Balaban J connectivity index is 1.63. The second-order valence-electron chi connectivity index (χ2n) is 6.41. The highest BCUT2D eigenvalue weighted by Crippen LogP contribution is 2.20. The fraction of sp³-hybridized carbons (Fsp3) is 0.143. The van der Waals surface area contributed by atoms with Crippen molar-refractivity contribution in [2.24, 2.45) is 0 Å². The molecule has 0 radical (unpaired) electrons. The first-order chi connectivity index (χ1) is 13.5. The van der Waals surface area contributed by atoms with Gasteiger partial charge >= 0.3 is 0 Å². The van der Waals surface area contributed by atoms with Gasteiger partial charge in [0.2, 0.25) is 0 Å². The molecule has 142 valence electrons. The summed E-state index contributed by atoms with van der Waals surface area (Å²) in [6, 6.07) is 14.6. The predicted molar refractivity (Wildman–Crippen MR) is 103 cm³/mol. The second-order valence-corrected chi connectivity index (χ2v) is 6.41. The maximum absolute atomic E-state index is 13.1. The van der Waals surface area contributed by atoms with E-state index in [2.05, 4.69) is 5.10 Å². The summed E-state index contributed by atoms with van der Waals surface area (Å²) in [7, 11) is 1.58. The van der Waals surface area contributed by atoms with Crippen LogP contribution in [0.15, 0.2) is 71.8 Å². The normalized spacial score (nSPS) is 12.2. The highest BCUT2D eigenvalue weighted by molar-refractivity contribution is 5.65. The monoisotopic (exact) mass is 379 g/mol. The number of aliphatic hydroxyl groups excluding tert-OH is 1. The van der Waals surface area contributed by atoms with Crippen molar-refractivity contribution in [1.82, 2.24) is 14.2 Å². The van der Waals surface area contributed by atoms with E-state index in [4.69, 9.17) is 4.74 Å². The zero-order chi connectivity index (χ0) is 19.7. The van der Waals surface area contributed by atoms with Gasteiger partial charge in [-0.05, 0) is 48.0 Å². The zero-order valence-electron chi connectivity index (χ0n) is 15.1. The van der Waals surface area contributed by atoms with Crippen molar-refractivity contribution < 1.29 is 14.2 Å².